The summed E-state index contributed by atoms with van der Waals surface area (Å²) in [6.45, 7) is 1.98. The number of nitrogens with zero attached hydrogens (tertiary/aromatic N) is 1. The molecule has 3 nitrogen and oxygen atoms in total. The predicted octanol–water partition coefficient (Wildman–Crippen LogP) is 2.25. The van der Waals surface area contributed by atoms with Gasteiger partial charge in [-0.25, -0.2) is 0 Å². The molecule has 0 fully saturated rings. The number of nitrogens with one attached hydrogen (secondary N) is 1. The summed E-state index contributed by atoms with van der Waals surface area (Å²) in [5.41, 5.74) is 2.88. The number of rotatable bonds is 1. The highest BCUT2D eigenvalue weighted by molar-refractivity contribution is 5.91. The number of benzene rings is 1. The summed E-state index contributed by atoms with van der Waals surface area (Å²) >= 11 is 0. The van der Waals surface area contributed by atoms with E-state index in [9.17, 15) is 5.11 Å². The van der Waals surface area contributed by atoms with Crippen LogP contribution in [0.5, 0.6) is 5.75 Å². The van der Waals surface area contributed by atoms with Crippen molar-refractivity contribution in [1.82, 2.24) is 4.98 Å². The second kappa shape index (κ2) is 2.94. The van der Waals surface area contributed by atoms with E-state index in [1.54, 1.807) is 0 Å². The smallest absolute Gasteiger partial charge is 0.148 e. The fourth-order valence-electron chi connectivity index (χ4n) is 1.68. The van der Waals surface area contributed by atoms with Gasteiger partial charge in [0.2, 0.25) is 0 Å². The first kappa shape index (κ1) is 8.94. The van der Waals surface area contributed by atoms with Crippen molar-refractivity contribution in [3.63, 3.8) is 0 Å². The molecule has 2 aromatic rings. The van der Waals surface area contributed by atoms with E-state index in [0.717, 1.165) is 22.3 Å². The van der Waals surface area contributed by atoms with Gasteiger partial charge < -0.3 is 15.0 Å². The Morgan fingerprint density at radius 1 is 1.29 bits per heavy atom. The summed E-state index contributed by atoms with van der Waals surface area (Å²) in [5.74, 6) is 0.344. The Hall–Kier alpha value is -1.64. The summed E-state index contributed by atoms with van der Waals surface area (Å²) < 4.78 is 0. The molecule has 0 radical (unpaired) electrons. The van der Waals surface area contributed by atoms with E-state index in [0.29, 0.717) is 5.75 Å². The van der Waals surface area contributed by atoms with Crippen LogP contribution in [0.1, 0.15) is 5.69 Å². The van der Waals surface area contributed by atoms with Crippen molar-refractivity contribution in [3.05, 3.63) is 23.9 Å². The van der Waals surface area contributed by atoms with E-state index in [2.05, 4.69) is 4.98 Å². The van der Waals surface area contributed by atoms with E-state index in [4.69, 9.17) is 0 Å². The Bertz CT molecular complexity index is 471. The summed E-state index contributed by atoms with van der Waals surface area (Å²) in [6.07, 6.45) is 0. The van der Waals surface area contributed by atoms with Gasteiger partial charge in [-0.1, -0.05) is 0 Å². The highest BCUT2D eigenvalue weighted by atomic mass is 16.3. The molecule has 14 heavy (non-hydrogen) atoms. The zero-order valence-corrected chi connectivity index (χ0v) is 8.63. The molecule has 3 heteroatoms. The van der Waals surface area contributed by atoms with Gasteiger partial charge in [0, 0.05) is 30.7 Å². The molecule has 74 valence electrons. The minimum atomic E-state index is 0.344. The second-order valence-corrected chi connectivity index (χ2v) is 3.74. The van der Waals surface area contributed by atoms with Crippen molar-refractivity contribution in [3.8, 4) is 5.75 Å². The Balaban J connectivity index is 2.74. The molecule has 0 amide bonds. The number of phenols is 1. The maximum Gasteiger partial charge on any atom is 0.148 e. The van der Waals surface area contributed by atoms with Crippen LogP contribution in [-0.4, -0.2) is 24.2 Å². The Kier molecular flexibility index (Phi) is 1.88. The van der Waals surface area contributed by atoms with Crippen LogP contribution >= 0.6 is 0 Å². The van der Waals surface area contributed by atoms with Gasteiger partial charge in [0.25, 0.3) is 0 Å². The fraction of sp³-hybridized carbons (Fsp3) is 0.273. The maximum atomic E-state index is 9.97. The number of phenolic OH excluding ortho intramolecular Hbond substituents is 1. The largest absolute Gasteiger partial charge is 0.505 e. The Morgan fingerprint density at radius 2 is 2.00 bits per heavy atom. The van der Waals surface area contributed by atoms with Crippen molar-refractivity contribution < 1.29 is 5.11 Å². The molecule has 0 spiro atoms. The zero-order chi connectivity index (χ0) is 10.3. The first-order valence-electron chi connectivity index (χ1n) is 4.58. The van der Waals surface area contributed by atoms with Gasteiger partial charge in [0.05, 0.1) is 5.69 Å². The highest BCUT2D eigenvalue weighted by Crippen LogP contribution is 2.34. The van der Waals surface area contributed by atoms with Crippen LogP contribution in [0.15, 0.2) is 18.2 Å². The minimum Gasteiger partial charge on any atom is -0.505 e. The second-order valence-electron chi connectivity index (χ2n) is 3.74. The quantitative estimate of drug-likeness (QED) is 0.724. The van der Waals surface area contributed by atoms with E-state index in [1.165, 1.54) is 0 Å². The van der Waals surface area contributed by atoms with Crippen molar-refractivity contribution >= 4 is 16.6 Å². The van der Waals surface area contributed by atoms with E-state index < -0.39 is 0 Å². The van der Waals surface area contributed by atoms with Crippen LogP contribution in [-0.2, 0) is 0 Å². The summed E-state index contributed by atoms with van der Waals surface area (Å²) in [5, 5.41) is 10.9. The van der Waals surface area contributed by atoms with Crippen molar-refractivity contribution in [2.24, 2.45) is 0 Å². The number of aryl methyl sites for hydroxylation is 1. The molecular weight excluding hydrogens is 176 g/mol. The third-order valence-electron chi connectivity index (χ3n) is 2.37. The number of fused-ring (bicyclic) bond motifs is 1. The normalized spacial score (nSPS) is 10.8. The van der Waals surface area contributed by atoms with Crippen molar-refractivity contribution in [2.75, 3.05) is 19.0 Å². The molecule has 0 saturated carbocycles. The number of hydrogen-bond acceptors (Lipinski definition) is 2. The van der Waals surface area contributed by atoms with Crippen LogP contribution in [0, 0.1) is 6.92 Å². The zero-order valence-electron chi connectivity index (χ0n) is 8.63. The van der Waals surface area contributed by atoms with Gasteiger partial charge in [-0.15, -0.1) is 0 Å². The molecule has 2 N–H and O–H groups in total. The Morgan fingerprint density at radius 3 is 2.64 bits per heavy atom. The molecule has 0 unspecified atom stereocenters. The predicted molar refractivity (Wildman–Crippen MR) is 59.0 cm³/mol. The fourth-order valence-corrected chi connectivity index (χ4v) is 1.68. The Labute approximate surface area is 83.0 Å². The van der Waals surface area contributed by atoms with E-state index in [1.807, 2.05) is 44.1 Å². The third kappa shape index (κ3) is 1.21. The number of aromatic hydroxyl groups is 1. The number of hydrogen-bond donors (Lipinski definition) is 2. The van der Waals surface area contributed by atoms with E-state index in [-0.39, 0.29) is 0 Å². The SMILES string of the molecule is Cc1cc2c(O)c(N(C)C)ccc2[nH]1. The molecule has 1 aromatic heterocycles. The first-order chi connectivity index (χ1) is 6.59. The van der Waals surface area contributed by atoms with Crippen LogP contribution in [0.2, 0.25) is 0 Å². The van der Waals surface area contributed by atoms with Crippen LogP contribution in [0.4, 0.5) is 5.69 Å². The van der Waals surface area contributed by atoms with Crippen LogP contribution < -0.4 is 4.90 Å². The molecule has 0 aliphatic carbocycles. The topological polar surface area (TPSA) is 39.3 Å². The average molecular weight is 190 g/mol. The number of aromatic amines is 1. The van der Waals surface area contributed by atoms with Gasteiger partial charge in [-0.3, -0.25) is 0 Å². The molecular formula is C11H14N2O. The standard InChI is InChI=1S/C11H14N2O/c1-7-6-8-9(12-7)4-5-10(11(8)14)13(2)3/h4-6,12,14H,1-3H3. The monoisotopic (exact) mass is 190 g/mol. The van der Waals surface area contributed by atoms with Crippen molar-refractivity contribution in [1.29, 1.82) is 0 Å². The summed E-state index contributed by atoms with van der Waals surface area (Å²) in [7, 11) is 3.83. The molecule has 2 rings (SSSR count). The van der Waals surface area contributed by atoms with Crippen LogP contribution in [0.3, 0.4) is 0 Å². The van der Waals surface area contributed by atoms with Crippen LogP contribution in [0.25, 0.3) is 10.9 Å². The molecule has 1 heterocycles. The lowest BCUT2D eigenvalue weighted by Crippen LogP contribution is -2.08. The minimum absolute atomic E-state index is 0.344. The number of aromatic nitrogens is 1. The van der Waals surface area contributed by atoms with Gasteiger partial charge in [0.1, 0.15) is 5.75 Å². The summed E-state index contributed by atoms with van der Waals surface area (Å²) in [4.78, 5) is 5.09. The molecule has 1 aromatic carbocycles. The average Bonchev–Trinajstić information content (AvgIpc) is 2.46. The van der Waals surface area contributed by atoms with Gasteiger partial charge in [-0.2, -0.15) is 0 Å². The molecule has 0 bridgehead atoms. The van der Waals surface area contributed by atoms with Gasteiger partial charge in [-0.05, 0) is 25.1 Å². The number of anilines is 1. The lowest BCUT2D eigenvalue weighted by Gasteiger charge is -2.14. The maximum absolute atomic E-state index is 9.97. The molecule has 0 saturated heterocycles. The molecule has 0 atom stereocenters. The first-order valence-corrected chi connectivity index (χ1v) is 4.58. The molecule has 0 aliphatic rings. The lowest BCUT2D eigenvalue weighted by molar-refractivity contribution is 0.482. The van der Waals surface area contributed by atoms with Crippen molar-refractivity contribution in [2.45, 2.75) is 6.92 Å². The van der Waals surface area contributed by atoms with Gasteiger partial charge >= 0.3 is 0 Å². The highest BCUT2D eigenvalue weighted by Gasteiger charge is 2.09. The summed E-state index contributed by atoms with van der Waals surface area (Å²) in [6, 6.07) is 5.85. The van der Waals surface area contributed by atoms with E-state index >= 15 is 0 Å². The van der Waals surface area contributed by atoms with Gasteiger partial charge in [0.15, 0.2) is 0 Å². The third-order valence-corrected chi connectivity index (χ3v) is 2.37. The number of H-pyrrole nitrogens is 1. The molecule has 0 aliphatic heterocycles. The lowest BCUT2D eigenvalue weighted by atomic mass is 10.2.